The van der Waals surface area contributed by atoms with E-state index in [0.29, 0.717) is 27.1 Å². The molecule has 0 atom stereocenters. The zero-order valence-electron chi connectivity index (χ0n) is 13.5. The summed E-state index contributed by atoms with van der Waals surface area (Å²) >= 11 is 3.33. The van der Waals surface area contributed by atoms with E-state index in [1.165, 1.54) is 33.5 Å². The quantitative estimate of drug-likeness (QED) is 0.809. The Hall–Kier alpha value is -2.28. The van der Waals surface area contributed by atoms with Crippen molar-refractivity contribution in [2.45, 2.75) is 6.54 Å². The Balaban J connectivity index is 2.25. The normalized spacial score (nSPS) is 10.2. The summed E-state index contributed by atoms with van der Waals surface area (Å²) < 4.78 is 29.8. The Bertz CT molecular complexity index is 752. The van der Waals surface area contributed by atoms with Crippen LogP contribution in [0.25, 0.3) is 0 Å². The molecular weight excluding hydrogens is 381 g/mol. The number of benzene rings is 2. The maximum atomic E-state index is 13.3. The van der Waals surface area contributed by atoms with Gasteiger partial charge in [0.05, 0.1) is 26.9 Å². The van der Waals surface area contributed by atoms with Gasteiger partial charge in [-0.15, -0.1) is 0 Å². The lowest BCUT2D eigenvalue weighted by Crippen LogP contribution is -2.23. The van der Waals surface area contributed by atoms with Crippen LogP contribution in [-0.4, -0.2) is 27.2 Å². The van der Waals surface area contributed by atoms with Crippen molar-refractivity contribution < 1.29 is 23.4 Å². The first-order valence-electron chi connectivity index (χ1n) is 7.03. The highest BCUT2D eigenvalue weighted by atomic mass is 79.9. The molecule has 2 rings (SSSR count). The molecule has 0 heterocycles. The van der Waals surface area contributed by atoms with Crippen LogP contribution in [-0.2, 0) is 6.54 Å². The minimum absolute atomic E-state index is 0.161. The number of rotatable bonds is 6. The minimum atomic E-state index is -0.371. The fraction of sp³-hybridized carbons (Fsp3) is 0.235. The van der Waals surface area contributed by atoms with E-state index in [1.54, 1.807) is 18.2 Å². The molecule has 0 radical (unpaired) electrons. The van der Waals surface area contributed by atoms with Crippen molar-refractivity contribution >= 4 is 21.8 Å². The van der Waals surface area contributed by atoms with E-state index in [9.17, 15) is 9.18 Å². The zero-order chi connectivity index (χ0) is 17.7. The molecule has 0 saturated heterocycles. The second-order valence-electron chi connectivity index (χ2n) is 4.80. The Labute approximate surface area is 147 Å². The highest BCUT2D eigenvalue weighted by Crippen LogP contribution is 2.39. The summed E-state index contributed by atoms with van der Waals surface area (Å²) in [4.78, 5) is 12.5. The molecular formula is C17H17BrFNO4. The SMILES string of the molecule is COc1ccc(C(=O)NCc2cc(F)ccc2Br)c(OC)c1OC. The first-order valence-corrected chi connectivity index (χ1v) is 7.82. The van der Waals surface area contributed by atoms with Crippen LogP contribution in [0.2, 0.25) is 0 Å². The van der Waals surface area contributed by atoms with E-state index in [4.69, 9.17) is 14.2 Å². The Morgan fingerprint density at radius 1 is 1.08 bits per heavy atom. The summed E-state index contributed by atoms with van der Waals surface area (Å²) in [6.07, 6.45) is 0. The van der Waals surface area contributed by atoms with Crippen molar-refractivity contribution in [3.63, 3.8) is 0 Å². The summed E-state index contributed by atoms with van der Waals surface area (Å²) in [7, 11) is 4.40. The van der Waals surface area contributed by atoms with Crippen LogP contribution >= 0.6 is 15.9 Å². The predicted octanol–water partition coefficient (Wildman–Crippen LogP) is 3.54. The number of hydrogen-bond acceptors (Lipinski definition) is 4. The maximum Gasteiger partial charge on any atom is 0.255 e. The number of halogens is 2. The van der Waals surface area contributed by atoms with Crippen molar-refractivity contribution in [1.82, 2.24) is 5.32 Å². The summed E-state index contributed by atoms with van der Waals surface area (Å²) in [6.45, 7) is 0.161. The number of ether oxygens (including phenoxy) is 3. The monoisotopic (exact) mass is 397 g/mol. The molecule has 0 saturated carbocycles. The molecule has 0 aliphatic heterocycles. The standard InChI is InChI=1S/C17H17BrFNO4/c1-22-14-7-5-12(15(23-2)16(14)24-3)17(21)20-9-10-8-11(19)4-6-13(10)18/h4-8H,9H2,1-3H3,(H,20,21). The second-order valence-corrected chi connectivity index (χ2v) is 5.65. The van der Waals surface area contributed by atoms with Gasteiger partial charge in [-0.1, -0.05) is 15.9 Å². The van der Waals surface area contributed by atoms with E-state index >= 15 is 0 Å². The number of carbonyl (C=O) groups is 1. The molecule has 0 bridgehead atoms. The van der Waals surface area contributed by atoms with Crippen LogP contribution < -0.4 is 19.5 Å². The van der Waals surface area contributed by atoms with Gasteiger partial charge in [0.1, 0.15) is 5.82 Å². The predicted molar refractivity (Wildman–Crippen MR) is 91.4 cm³/mol. The summed E-state index contributed by atoms with van der Waals surface area (Å²) in [6, 6.07) is 7.49. The molecule has 1 N–H and O–H groups in total. The largest absolute Gasteiger partial charge is 0.493 e. The third-order valence-electron chi connectivity index (χ3n) is 3.40. The van der Waals surface area contributed by atoms with Gasteiger partial charge in [0.25, 0.3) is 5.91 Å². The number of hydrogen-bond donors (Lipinski definition) is 1. The van der Waals surface area contributed by atoms with Crippen molar-refractivity contribution in [1.29, 1.82) is 0 Å². The molecule has 0 aliphatic carbocycles. The fourth-order valence-corrected chi connectivity index (χ4v) is 2.62. The van der Waals surface area contributed by atoms with E-state index in [1.807, 2.05) is 0 Å². The van der Waals surface area contributed by atoms with Crippen LogP contribution in [0.3, 0.4) is 0 Å². The van der Waals surface area contributed by atoms with Gasteiger partial charge < -0.3 is 19.5 Å². The Kier molecular flexibility index (Phi) is 6.03. The summed E-state index contributed by atoms with van der Waals surface area (Å²) in [5, 5.41) is 2.73. The van der Waals surface area contributed by atoms with E-state index in [0.717, 1.165) is 0 Å². The van der Waals surface area contributed by atoms with Gasteiger partial charge in [-0.25, -0.2) is 4.39 Å². The van der Waals surface area contributed by atoms with Crippen molar-refractivity contribution in [2.24, 2.45) is 0 Å². The fourth-order valence-electron chi connectivity index (χ4n) is 2.23. The van der Waals surface area contributed by atoms with Crippen LogP contribution in [0, 0.1) is 5.82 Å². The van der Waals surface area contributed by atoms with E-state index < -0.39 is 0 Å². The maximum absolute atomic E-state index is 13.3. The van der Waals surface area contributed by atoms with Gasteiger partial charge in [-0.05, 0) is 35.9 Å². The van der Waals surface area contributed by atoms with Crippen LogP contribution in [0.15, 0.2) is 34.8 Å². The van der Waals surface area contributed by atoms with Crippen molar-refractivity contribution in [3.8, 4) is 17.2 Å². The molecule has 128 valence electrons. The molecule has 0 unspecified atom stereocenters. The second kappa shape index (κ2) is 8.01. The third-order valence-corrected chi connectivity index (χ3v) is 4.17. The molecule has 0 spiro atoms. The van der Waals surface area contributed by atoms with Crippen LogP contribution in [0.5, 0.6) is 17.2 Å². The van der Waals surface area contributed by atoms with Crippen LogP contribution in [0.4, 0.5) is 4.39 Å². The molecule has 0 aromatic heterocycles. The first kappa shape index (κ1) is 18.1. The van der Waals surface area contributed by atoms with Gasteiger partial charge in [0, 0.05) is 11.0 Å². The topological polar surface area (TPSA) is 56.8 Å². The average Bonchev–Trinajstić information content (AvgIpc) is 2.60. The number of methoxy groups -OCH3 is 3. The van der Waals surface area contributed by atoms with Gasteiger partial charge in [-0.2, -0.15) is 0 Å². The molecule has 7 heteroatoms. The lowest BCUT2D eigenvalue weighted by Gasteiger charge is -2.15. The molecule has 2 aromatic rings. The van der Waals surface area contributed by atoms with Crippen molar-refractivity contribution in [3.05, 3.63) is 51.7 Å². The molecule has 0 aliphatic rings. The van der Waals surface area contributed by atoms with Gasteiger partial charge in [-0.3, -0.25) is 4.79 Å². The van der Waals surface area contributed by atoms with Gasteiger partial charge >= 0.3 is 0 Å². The van der Waals surface area contributed by atoms with E-state index in [2.05, 4.69) is 21.2 Å². The molecule has 5 nitrogen and oxygen atoms in total. The molecule has 0 fully saturated rings. The van der Waals surface area contributed by atoms with Crippen LogP contribution in [0.1, 0.15) is 15.9 Å². The van der Waals surface area contributed by atoms with Crippen molar-refractivity contribution in [2.75, 3.05) is 21.3 Å². The minimum Gasteiger partial charge on any atom is -0.493 e. The zero-order valence-corrected chi connectivity index (χ0v) is 15.1. The first-order chi connectivity index (χ1) is 11.5. The molecule has 1 amide bonds. The molecule has 2 aromatic carbocycles. The lowest BCUT2D eigenvalue weighted by atomic mass is 10.1. The molecule has 24 heavy (non-hydrogen) atoms. The van der Waals surface area contributed by atoms with Gasteiger partial charge in [0.2, 0.25) is 5.75 Å². The number of carbonyl (C=O) groups excluding carboxylic acids is 1. The smallest absolute Gasteiger partial charge is 0.255 e. The number of amides is 1. The van der Waals surface area contributed by atoms with E-state index in [-0.39, 0.29) is 24.0 Å². The Morgan fingerprint density at radius 3 is 2.42 bits per heavy atom. The highest BCUT2D eigenvalue weighted by molar-refractivity contribution is 9.10. The third kappa shape index (κ3) is 3.79. The van der Waals surface area contributed by atoms with Gasteiger partial charge in [0.15, 0.2) is 11.5 Å². The number of nitrogens with one attached hydrogen (secondary N) is 1. The Morgan fingerprint density at radius 2 is 1.79 bits per heavy atom. The summed E-state index contributed by atoms with van der Waals surface area (Å²) in [5.41, 5.74) is 0.922. The lowest BCUT2D eigenvalue weighted by molar-refractivity contribution is 0.0947. The average molecular weight is 398 g/mol. The highest BCUT2D eigenvalue weighted by Gasteiger charge is 2.20. The summed E-state index contributed by atoms with van der Waals surface area (Å²) in [5.74, 6) is 0.320.